The van der Waals surface area contributed by atoms with E-state index >= 15 is 0 Å². The van der Waals surface area contributed by atoms with Crippen LogP contribution in [0.4, 0.5) is 0 Å². The zero-order valence-electron chi connectivity index (χ0n) is 4.29. The summed E-state index contributed by atoms with van der Waals surface area (Å²) in [6.45, 7) is 0. The Balaban J connectivity index is 2.82. The van der Waals surface area contributed by atoms with Crippen LogP contribution in [-0.2, 0) is 4.79 Å². The Bertz CT molecular complexity index is 173. The van der Waals surface area contributed by atoms with Gasteiger partial charge in [-0.1, -0.05) is 0 Å². The molecule has 0 saturated carbocycles. The zero-order chi connectivity index (χ0) is 5.82. The van der Waals surface area contributed by atoms with Crippen molar-refractivity contribution >= 4 is 6.29 Å². The summed E-state index contributed by atoms with van der Waals surface area (Å²) in [5, 5.41) is 0. The van der Waals surface area contributed by atoms with Gasteiger partial charge in [-0.15, -0.1) is 0 Å². The topological polar surface area (TPSA) is 17.1 Å². The van der Waals surface area contributed by atoms with Crippen molar-refractivity contribution in [3.63, 3.8) is 0 Å². The highest BCUT2D eigenvalue weighted by Crippen LogP contribution is 1.97. The summed E-state index contributed by atoms with van der Waals surface area (Å²) in [6, 6.07) is 0. The van der Waals surface area contributed by atoms with E-state index in [2.05, 4.69) is 6.08 Å². The molecule has 1 aliphatic rings. The molecule has 0 bridgehead atoms. The highest BCUT2D eigenvalue weighted by atomic mass is 16.1. The SMILES string of the molecule is O=CC1=CC=CC=[C+]1. The number of carbonyl (C=O) groups is 1. The molecule has 1 rings (SSSR count). The molecule has 0 amide bonds. The van der Waals surface area contributed by atoms with Gasteiger partial charge in [-0.05, 0) is 0 Å². The minimum atomic E-state index is 0.604. The van der Waals surface area contributed by atoms with Crippen molar-refractivity contribution in [1.82, 2.24) is 0 Å². The van der Waals surface area contributed by atoms with Crippen LogP contribution >= 0.6 is 0 Å². The van der Waals surface area contributed by atoms with Gasteiger partial charge in [0.25, 0.3) is 0 Å². The van der Waals surface area contributed by atoms with Gasteiger partial charge in [0, 0.05) is 24.3 Å². The van der Waals surface area contributed by atoms with Gasteiger partial charge in [-0.3, -0.25) is 0 Å². The molecule has 0 radical (unpaired) electrons. The van der Waals surface area contributed by atoms with Gasteiger partial charge in [0.15, 0.2) is 5.57 Å². The van der Waals surface area contributed by atoms with Gasteiger partial charge in [0.2, 0.25) is 6.29 Å². The lowest BCUT2D eigenvalue weighted by molar-refractivity contribution is -0.104. The lowest BCUT2D eigenvalue weighted by atomic mass is 10.2. The first-order valence-electron chi connectivity index (χ1n) is 2.35. The van der Waals surface area contributed by atoms with Crippen molar-refractivity contribution in [2.75, 3.05) is 0 Å². The van der Waals surface area contributed by atoms with Crippen molar-refractivity contribution in [1.29, 1.82) is 0 Å². The van der Waals surface area contributed by atoms with Crippen molar-refractivity contribution in [3.8, 4) is 0 Å². The van der Waals surface area contributed by atoms with E-state index in [4.69, 9.17) is 0 Å². The zero-order valence-corrected chi connectivity index (χ0v) is 4.29. The second-order valence-electron chi connectivity index (χ2n) is 1.44. The van der Waals surface area contributed by atoms with Crippen LogP contribution in [0, 0.1) is 6.08 Å². The third kappa shape index (κ3) is 0.895. The summed E-state index contributed by atoms with van der Waals surface area (Å²) in [6.07, 6.45) is 10.6. The minimum absolute atomic E-state index is 0.604. The van der Waals surface area contributed by atoms with E-state index in [0.29, 0.717) is 5.57 Å². The predicted octanol–water partition coefficient (Wildman–Crippen LogP) is 1.04. The average Bonchev–Trinajstić information content (AvgIpc) is 1.90. The number of carbonyl (C=O) groups excluding carboxylic acids is 1. The molecule has 0 aromatic rings. The van der Waals surface area contributed by atoms with Crippen LogP contribution in [0.1, 0.15) is 0 Å². The van der Waals surface area contributed by atoms with Crippen LogP contribution in [-0.4, -0.2) is 6.29 Å². The molecular weight excluding hydrogens is 100 g/mol. The molecule has 0 atom stereocenters. The summed E-state index contributed by atoms with van der Waals surface area (Å²) in [5.41, 5.74) is 0.604. The molecule has 1 heteroatoms. The molecular formula is C7H5O+. The van der Waals surface area contributed by atoms with Crippen LogP contribution in [0.2, 0.25) is 0 Å². The standard InChI is InChI=1S/C7H5O/c8-6-7-4-2-1-3-5-7/h1-4,6H/q+1. The first-order chi connectivity index (χ1) is 3.93. The fraction of sp³-hybridized carbons (Fsp3) is 0. The van der Waals surface area contributed by atoms with Crippen LogP contribution in [0.15, 0.2) is 29.9 Å². The molecule has 1 aliphatic carbocycles. The Morgan fingerprint density at radius 3 is 2.75 bits per heavy atom. The molecule has 0 aromatic heterocycles. The summed E-state index contributed by atoms with van der Waals surface area (Å²) in [7, 11) is 0. The molecule has 0 heterocycles. The second kappa shape index (κ2) is 2.20. The summed E-state index contributed by atoms with van der Waals surface area (Å²) >= 11 is 0. The van der Waals surface area contributed by atoms with E-state index in [1.165, 1.54) is 0 Å². The largest absolute Gasteiger partial charge is 0.239 e. The fourth-order valence-corrected chi connectivity index (χ4v) is 0.481. The van der Waals surface area contributed by atoms with E-state index in [9.17, 15) is 4.79 Å². The van der Waals surface area contributed by atoms with Crippen molar-refractivity contribution in [2.45, 2.75) is 0 Å². The van der Waals surface area contributed by atoms with Gasteiger partial charge in [-0.25, -0.2) is 4.79 Å². The first kappa shape index (κ1) is 4.95. The van der Waals surface area contributed by atoms with Crippen molar-refractivity contribution < 1.29 is 4.79 Å². The lowest BCUT2D eigenvalue weighted by Crippen LogP contribution is -1.79. The monoisotopic (exact) mass is 105 g/mol. The molecule has 0 fully saturated rings. The molecule has 1 nitrogen and oxygen atoms in total. The Kier molecular flexibility index (Phi) is 1.36. The van der Waals surface area contributed by atoms with E-state index in [1.807, 2.05) is 6.08 Å². The number of aldehydes is 1. The van der Waals surface area contributed by atoms with Gasteiger partial charge in [0.1, 0.15) is 0 Å². The van der Waals surface area contributed by atoms with Gasteiger partial charge in [0.05, 0.1) is 6.08 Å². The van der Waals surface area contributed by atoms with Crippen molar-refractivity contribution in [2.24, 2.45) is 0 Å². The van der Waals surface area contributed by atoms with E-state index < -0.39 is 0 Å². The predicted molar refractivity (Wildman–Crippen MR) is 31.1 cm³/mol. The molecule has 0 unspecified atom stereocenters. The molecule has 8 heavy (non-hydrogen) atoms. The fourth-order valence-electron chi connectivity index (χ4n) is 0.481. The highest BCUT2D eigenvalue weighted by Gasteiger charge is 1.97. The van der Waals surface area contributed by atoms with Crippen LogP contribution in [0.3, 0.4) is 0 Å². The quantitative estimate of drug-likeness (QED) is 0.359. The Morgan fingerprint density at radius 1 is 1.50 bits per heavy atom. The number of hydrogen-bond donors (Lipinski definition) is 0. The third-order valence-electron chi connectivity index (χ3n) is 0.860. The molecule has 0 saturated heterocycles. The molecule has 0 N–H and O–H groups in total. The summed E-state index contributed by atoms with van der Waals surface area (Å²) in [4.78, 5) is 9.98. The number of allylic oxidation sites excluding steroid dienone is 6. The molecule has 0 spiro atoms. The number of rotatable bonds is 1. The van der Waals surface area contributed by atoms with Gasteiger partial charge >= 0.3 is 0 Å². The normalized spacial score (nSPS) is 14.8. The highest BCUT2D eigenvalue weighted by molar-refractivity contribution is 5.77. The average molecular weight is 105 g/mol. The lowest BCUT2D eigenvalue weighted by Gasteiger charge is -1.77. The van der Waals surface area contributed by atoms with E-state index in [-0.39, 0.29) is 0 Å². The summed E-state index contributed by atoms with van der Waals surface area (Å²) in [5.74, 6) is 0. The van der Waals surface area contributed by atoms with E-state index in [1.54, 1.807) is 18.2 Å². The first-order valence-corrected chi connectivity index (χ1v) is 2.35. The van der Waals surface area contributed by atoms with Gasteiger partial charge < -0.3 is 0 Å². The second-order valence-corrected chi connectivity index (χ2v) is 1.44. The Labute approximate surface area is 48.0 Å². The van der Waals surface area contributed by atoms with E-state index in [0.717, 1.165) is 6.29 Å². The van der Waals surface area contributed by atoms with Crippen LogP contribution in [0.25, 0.3) is 0 Å². The summed E-state index contributed by atoms with van der Waals surface area (Å²) < 4.78 is 0. The maximum absolute atomic E-state index is 9.98. The minimum Gasteiger partial charge on any atom is -0.238 e. The molecule has 38 valence electrons. The number of hydrogen-bond acceptors (Lipinski definition) is 1. The van der Waals surface area contributed by atoms with Gasteiger partial charge in [-0.2, -0.15) is 0 Å². The smallest absolute Gasteiger partial charge is 0.238 e. The third-order valence-corrected chi connectivity index (χ3v) is 0.860. The van der Waals surface area contributed by atoms with Crippen molar-refractivity contribution in [3.05, 3.63) is 36.0 Å². The molecule has 0 aromatic carbocycles. The maximum atomic E-state index is 9.98. The Hall–Kier alpha value is -1.20. The maximum Gasteiger partial charge on any atom is 0.239 e. The van der Waals surface area contributed by atoms with Crippen LogP contribution < -0.4 is 0 Å². The Morgan fingerprint density at radius 2 is 2.38 bits per heavy atom. The van der Waals surface area contributed by atoms with Crippen LogP contribution in [0.5, 0.6) is 0 Å². The molecule has 0 aliphatic heterocycles.